The molecule has 0 bridgehead atoms. The Bertz CT molecular complexity index is 406. The molecule has 0 aromatic rings. The lowest BCUT2D eigenvalue weighted by Crippen LogP contribution is -2.63. The van der Waals surface area contributed by atoms with E-state index in [0.717, 1.165) is 25.9 Å². The average molecular weight is 302 g/mol. The van der Waals surface area contributed by atoms with Crippen LogP contribution in [0.3, 0.4) is 0 Å². The first-order chi connectivity index (χ1) is 9.30. The van der Waals surface area contributed by atoms with Crippen LogP contribution in [-0.2, 0) is 9.84 Å². The van der Waals surface area contributed by atoms with E-state index < -0.39 is 9.84 Å². The second-order valence-electron chi connectivity index (χ2n) is 7.15. The monoisotopic (exact) mass is 302 g/mol. The third kappa shape index (κ3) is 3.74. The van der Waals surface area contributed by atoms with Gasteiger partial charge in [-0.25, -0.2) is 8.42 Å². The number of rotatable bonds is 3. The highest BCUT2D eigenvalue weighted by atomic mass is 32.2. The first-order valence-electron chi connectivity index (χ1n) is 7.99. The Labute approximate surface area is 124 Å². The molecule has 4 nitrogen and oxygen atoms in total. The number of nitrogens with zero attached hydrogens (tertiary/aromatic N) is 1. The van der Waals surface area contributed by atoms with E-state index in [-0.39, 0.29) is 0 Å². The molecule has 2 aliphatic heterocycles. The molecule has 0 aliphatic carbocycles. The Morgan fingerprint density at radius 1 is 1.05 bits per heavy atom. The Balaban J connectivity index is 2.07. The highest BCUT2D eigenvalue weighted by Crippen LogP contribution is 2.26. The molecule has 0 aromatic carbocycles. The molecule has 0 radical (unpaired) electrons. The summed E-state index contributed by atoms with van der Waals surface area (Å²) >= 11 is 0. The molecule has 20 heavy (non-hydrogen) atoms. The molecule has 2 rings (SSSR count). The first kappa shape index (κ1) is 16.2. The van der Waals surface area contributed by atoms with E-state index >= 15 is 0 Å². The van der Waals surface area contributed by atoms with Crippen LogP contribution in [0.15, 0.2) is 0 Å². The first-order valence-corrected chi connectivity index (χ1v) is 9.82. The van der Waals surface area contributed by atoms with Gasteiger partial charge in [-0.1, -0.05) is 27.7 Å². The minimum atomic E-state index is -2.76. The summed E-state index contributed by atoms with van der Waals surface area (Å²) in [6.45, 7) is 11.2. The van der Waals surface area contributed by atoms with E-state index in [1.807, 2.05) is 0 Å². The fourth-order valence-electron chi connectivity index (χ4n) is 3.51. The Morgan fingerprint density at radius 3 is 2.15 bits per heavy atom. The zero-order valence-electron chi connectivity index (χ0n) is 13.3. The van der Waals surface area contributed by atoms with Crippen molar-refractivity contribution in [2.24, 2.45) is 11.8 Å². The van der Waals surface area contributed by atoms with Gasteiger partial charge in [0, 0.05) is 31.2 Å². The molecule has 0 amide bonds. The normalized spacial score (nSPS) is 32.9. The van der Waals surface area contributed by atoms with Crippen molar-refractivity contribution >= 4 is 9.84 Å². The van der Waals surface area contributed by atoms with Crippen molar-refractivity contribution in [3.63, 3.8) is 0 Å². The number of piperazine rings is 1. The summed E-state index contributed by atoms with van der Waals surface area (Å²) in [6.07, 6.45) is 1.63. The van der Waals surface area contributed by atoms with Gasteiger partial charge in [-0.15, -0.1) is 0 Å². The predicted molar refractivity (Wildman–Crippen MR) is 83.6 cm³/mol. The van der Waals surface area contributed by atoms with Crippen molar-refractivity contribution in [2.45, 2.75) is 58.7 Å². The number of nitrogens with one attached hydrogen (secondary N) is 1. The summed E-state index contributed by atoms with van der Waals surface area (Å²) in [4.78, 5) is 2.61. The van der Waals surface area contributed by atoms with Gasteiger partial charge in [0.15, 0.2) is 0 Å². The van der Waals surface area contributed by atoms with Crippen molar-refractivity contribution in [1.29, 1.82) is 0 Å². The lowest BCUT2D eigenvalue weighted by atomic mass is 9.91. The van der Waals surface area contributed by atoms with Gasteiger partial charge in [0.05, 0.1) is 11.5 Å². The van der Waals surface area contributed by atoms with Gasteiger partial charge >= 0.3 is 0 Å². The van der Waals surface area contributed by atoms with E-state index in [1.165, 1.54) is 0 Å². The SMILES string of the molecule is CC(C)C1CN(C2CCS(=O)(=O)CC2)C(C(C)C)CN1. The number of hydrogen-bond acceptors (Lipinski definition) is 4. The maximum absolute atomic E-state index is 11.6. The molecule has 1 N–H and O–H groups in total. The molecule has 2 heterocycles. The van der Waals surface area contributed by atoms with E-state index in [2.05, 4.69) is 37.9 Å². The molecule has 118 valence electrons. The zero-order valence-corrected chi connectivity index (χ0v) is 14.1. The summed E-state index contributed by atoms with van der Waals surface area (Å²) in [5.41, 5.74) is 0. The van der Waals surface area contributed by atoms with Crippen LogP contribution in [0.5, 0.6) is 0 Å². The third-order valence-electron chi connectivity index (χ3n) is 4.99. The number of sulfone groups is 1. The highest BCUT2D eigenvalue weighted by Gasteiger charge is 2.37. The lowest BCUT2D eigenvalue weighted by Gasteiger charge is -2.48. The van der Waals surface area contributed by atoms with Crippen molar-refractivity contribution in [2.75, 3.05) is 24.6 Å². The van der Waals surface area contributed by atoms with E-state index in [9.17, 15) is 8.42 Å². The van der Waals surface area contributed by atoms with E-state index in [4.69, 9.17) is 0 Å². The third-order valence-corrected chi connectivity index (χ3v) is 6.71. The van der Waals surface area contributed by atoms with Gasteiger partial charge in [-0.05, 0) is 24.7 Å². The van der Waals surface area contributed by atoms with Gasteiger partial charge in [-0.2, -0.15) is 0 Å². The molecule has 2 unspecified atom stereocenters. The van der Waals surface area contributed by atoms with Gasteiger partial charge in [0.2, 0.25) is 0 Å². The quantitative estimate of drug-likeness (QED) is 0.859. The molecule has 0 spiro atoms. The maximum Gasteiger partial charge on any atom is 0.150 e. The van der Waals surface area contributed by atoms with Crippen molar-refractivity contribution in [1.82, 2.24) is 10.2 Å². The molecular weight excluding hydrogens is 272 g/mol. The molecule has 2 fully saturated rings. The standard InChI is InChI=1S/C15H30N2O2S/c1-11(2)14-10-17(15(9-16-14)12(3)4)13-5-7-20(18,19)8-6-13/h11-16H,5-10H2,1-4H3. The van der Waals surface area contributed by atoms with Crippen LogP contribution < -0.4 is 5.32 Å². The maximum atomic E-state index is 11.6. The van der Waals surface area contributed by atoms with E-state index in [1.54, 1.807) is 0 Å². The Morgan fingerprint density at radius 2 is 1.65 bits per heavy atom. The summed E-state index contributed by atoms with van der Waals surface area (Å²) in [5.74, 6) is 1.98. The molecule has 2 atom stereocenters. The van der Waals surface area contributed by atoms with Crippen LogP contribution in [0.25, 0.3) is 0 Å². The summed E-state index contributed by atoms with van der Waals surface area (Å²) in [5, 5.41) is 3.68. The van der Waals surface area contributed by atoms with Gasteiger partial charge in [0.25, 0.3) is 0 Å². The smallest absolute Gasteiger partial charge is 0.150 e. The molecule has 2 saturated heterocycles. The minimum Gasteiger partial charge on any atom is -0.311 e. The van der Waals surface area contributed by atoms with Crippen molar-refractivity contribution in [3.8, 4) is 0 Å². The van der Waals surface area contributed by atoms with Crippen molar-refractivity contribution in [3.05, 3.63) is 0 Å². The van der Waals surface area contributed by atoms with E-state index in [0.29, 0.717) is 41.5 Å². The fourth-order valence-corrected chi connectivity index (χ4v) is 4.98. The summed E-state index contributed by atoms with van der Waals surface area (Å²) < 4.78 is 23.3. The lowest BCUT2D eigenvalue weighted by molar-refractivity contribution is 0.0413. The van der Waals surface area contributed by atoms with Gasteiger partial charge in [0.1, 0.15) is 9.84 Å². The molecule has 0 aromatic heterocycles. The largest absolute Gasteiger partial charge is 0.311 e. The predicted octanol–water partition coefficient (Wildman–Crippen LogP) is 1.52. The number of hydrogen-bond donors (Lipinski definition) is 1. The van der Waals surface area contributed by atoms with Crippen LogP contribution in [0.1, 0.15) is 40.5 Å². The van der Waals surface area contributed by atoms with Crippen molar-refractivity contribution < 1.29 is 8.42 Å². The van der Waals surface area contributed by atoms with Crippen LogP contribution in [0.2, 0.25) is 0 Å². The Kier molecular flexibility index (Phi) is 5.14. The molecule has 0 saturated carbocycles. The second-order valence-corrected chi connectivity index (χ2v) is 9.45. The van der Waals surface area contributed by atoms with Crippen LogP contribution in [-0.4, -0.2) is 56.0 Å². The molecule has 5 heteroatoms. The van der Waals surface area contributed by atoms with Crippen LogP contribution in [0.4, 0.5) is 0 Å². The topological polar surface area (TPSA) is 49.4 Å². The van der Waals surface area contributed by atoms with Crippen LogP contribution in [0, 0.1) is 11.8 Å². The highest BCUT2D eigenvalue weighted by molar-refractivity contribution is 7.91. The summed E-state index contributed by atoms with van der Waals surface area (Å²) in [7, 11) is -2.76. The Hall–Kier alpha value is -0.130. The fraction of sp³-hybridized carbons (Fsp3) is 1.00. The average Bonchev–Trinajstić information content (AvgIpc) is 2.37. The zero-order chi connectivity index (χ0) is 14.9. The van der Waals surface area contributed by atoms with Gasteiger partial charge in [-0.3, -0.25) is 4.90 Å². The second kappa shape index (κ2) is 6.32. The van der Waals surface area contributed by atoms with Gasteiger partial charge < -0.3 is 5.32 Å². The van der Waals surface area contributed by atoms with Crippen LogP contribution >= 0.6 is 0 Å². The molecule has 2 aliphatic rings. The minimum absolute atomic E-state index is 0.374. The molecular formula is C15H30N2O2S. The summed E-state index contributed by atoms with van der Waals surface area (Å²) in [6, 6.07) is 1.52.